The Morgan fingerprint density at radius 3 is 2.86 bits per heavy atom. The fraction of sp³-hybridized carbons (Fsp3) is 0.389. The molecule has 0 amide bonds. The molecule has 1 aromatic heterocycles. The van der Waals surface area contributed by atoms with E-state index in [0.717, 1.165) is 37.6 Å². The summed E-state index contributed by atoms with van der Waals surface area (Å²) in [5.41, 5.74) is 3.83. The number of nitrogens with zero attached hydrogens (tertiary/aromatic N) is 2. The number of hydrogen-bond donors (Lipinski definition) is 1. The number of anilines is 2. The molecule has 0 unspecified atom stereocenters. The first-order valence-electron chi connectivity index (χ1n) is 7.76. The minimum Gasteiger partial charge on any atom is -0.326 e. The van der Waals surface area contributed by atoms with Gasteiger partial charge in [0.2, 0.25) is 0 Å². The minimum absolute atomic E-state index is 0.665. The Morgan fingerprint density at radius 1 is 1.14 bits per heavy atom. The fourth-order valence-corrected chi connectivity index (χ4v) is 2.78. The Hall–Kier alpha value is -1.87. The van der Waals surface area contributed by atoms with E-state index in [9.17, 15) is 0 Å². The van der Waals surface area contributed by atoms with E-state index >= 15 is 0 Å². The normalized spacial score (nSPS) is 13.8. The molecule has 0 saturated heterocycles. The van der Waals surface area contributed by atoms with Crippen molar-refractivity contribution in [1.82, 2.24) is 10.3 Å². The number of pyridine rings is 1. The van der Waals surface area contributed by atoms with Gasteiger partial charge in [0.05, 0.1) is 5.69 Å². The van der Waals surface area contributed by atoms with E-state index in [1.165, 1.54) is 11.3 Å². The second-order valence-electron chi connectivity index (χ2n) is 6.04. The Labute approximate surface area is 127 Å². The van der Waals surface area contributed by atoms with Crippen LogP contribution in [-0.4, -0.2) is 18.1 Å². The van der Waals surface area contributed by atoms with Crippen LogP contribution < -0.4 is 10.2 Å². The first kappa shape index (κ1) is 14.1. The standard InChI is InChI=1S/C18H23N3/c1-14(2)12-19-13-16-7-5-9-18(20-16)21-11-10-15-6-3-4-8-17(15)21/h3-9,14,19H,10-13H2,1-2H3. The molecule has 0 spiro atoms. The van der Waals surface area contributed by atoms with Gasteiger partial charge in [0, 0.05) is 18.8 Å². The summed E-state index contributed by atoms with van der Waals surface area (Å²) in [6.45, 7) is 7.32. The highest BCUT2D eigenvalue weighted by Crippen LogP contribution is 2.32. The number of hydrogen-bond acceptors (Lipinski definition) is 3. The molecule has 0 aliphatic carbocycles. The second kappa shape index (κ2) is 6.27. The van der Waals surface area contributed by atoms with E-state index in [0.29, 0.717) is 5.92 Å². The first-order valence-corrected chi connectivity index (χ1v) is 7.76. The average Bonchev–Trinajstić information content (AvgIpc) is 2.91. The van der Waals surface area contributed by atoms with Crippen LogP contribution in [0.4, 0.5) is 11.5 Å². The molecule has 1 aliphatic rings. The SMILES string of the molecule is CC(C)CNCc1cccc(N2CCc3ccccc32)n1. The summed E-state index contributed by atoms with van der Waals surface area (Å²) in [4.78, 5) is 7.13. The number of para-hydroxylation sites is 1. The average molecular weight is 281 g/mol. The summed E-state index contributed by atoms with van der Waals surface area (Å²) in [5, 5.41) is 3.46. The third-order valence-corrected chi connectivity index (χ3v) is 3.81. The van der Waals surface area contributed by atoms with E-state index in [1.54, 1.807) is 0 Å². The van der Waals surface area contributed by atoms with Gasteiger partial charge in [-0.2, -0.15) is 0 Å². The maximum atomic E-state index is 4.81. The molecule has 2 heterocycles. The van der Waals surface area contributed by atoms with Gasteiger partial charge in [-0.15, -0.1) is 0 Å². The van der Waals surface area contributed by atoms with Gasteiger partial charge in [0.25, 0.3) is 0 Å². The Balaban J connectivity index is 1.75. The number of nitrogens with one attached hydrogen (secondary N) is 1. The molecule has 110 valence electrons. The zero-order chi connectivity index (χ0) is 14.7. The lowest BCUT2D eigenvalue weighted by Gasteiger charge is -2.19. The monoisotopic (exact) mass is 281 g/mol. The molecule has 1 aromatic carbocycles. The van der Waals surface area contributed by atoms with Crippen LogP contribution in [0.15, 0.2) is 42.5 Å². The topological polar surface area (TPSA) is 28.2 Å². The van der Waals surface area contributed by atoms with Crippen molar-refractivity contribution in [2.45, 2.75) is 26.8 Å². The predicted octanol–water partition coefficient (Wildman–Crippen LogP) is 3.52. The summed E-state index contributed by atoms with van der Waals surface area (Å²) in [6, 6.07) is 14.9. The van der Waals surface area contributed by atoms with Crippen LogP contribution in [0.1, 0.15) is 25.1 Å². The van der Waals surface area contributed by atoms with Gasteiger partial charge in [0.15, 0.2) is 0 Å². The molecule has 1 aliphatic heterocycles. The summed E-state index contributed by atoms with van der Waals surface area (Å²) in [5.74, 6) is 1.72. The van der Waals surface area contributed by atoms with Gasteiger partial charge in [-0.3, -0.25) is 0 Å². The summed E-state index contributed by atoms with van der Waals surface area (Å²) >= 11 is 0. The van der Waals surface area contributed by atoms with Crippen LogP contribution in [-0.2, 0) is 13.0 Å². The maximum Gasteiger partial charge on any atom is 0.133 e. The van der Waals surface area contributed by atoms with Crippen LogP contribution in [0.5, 0.6) is 0 Å². The smallest absolute Gasteiger partial charge is 0.133 e. The Bertz CT molecular complexity index is 607. The van der Waals surface area contributed by atoms with Crippen LogP contribution in [0.3, 0.4) is 0 Å². The number of fused-ring (bicyclic) bond motifs is 1. The molecule has 3 rings (SSSR count). The van der Waals surface area contributed by atoms with Crippen molar-refractivity contribution >= 4 is 11.5 Å². The van der Waals surface area contributed by atoms with Crippen molar-refractivity contribution in [1.29, 1.82) is 0 Å². The van der Waals surface area contributed by atoms with E-state index in [-0.39, 0.29) is 0 Å². The Kier molecular flexibility index (Phi) is 4.20. The molecular weight excluding hydrogens is 258 g/mol. The van der Waals surface area contributed by atoms with Crippen LogP contribution in [0.25, 0.3) is 0 Å². The molecular formula is C18H23N3. The van der Waals surface area contributed by atoms with Crippen molar-refractivity contribution in [2.24, 2.45) is 5.92 Å². The van der Waals surface area contributed by atoms with E-state index < -0.39 is 0 Å². The Morgan fingerprint density at radius 2 is 2.00 bits per heavy atom. The number of rotatable bonds is 5. The highest BCUT2D eigenvalue weighted by molar-refractivity contribution is 5.67. The van der Waals surface area contributed by atoms with Crippen LogP contribution in [0.2, 0.25) is 0 Å². The third kappa shape index (κ3) is 3.24. The van der Waals surface area contributed by atoms with Crippen LogP contribution >= 0.6 is 0 Å². The van der Waals surface area contributed by atoms with Gasteiger partial charge in [-0.25, -0.2) is 4.98 Å². The zero-order valence-electron chi connectivity index (χ0n) is 12.8. The lowest BCUT2D eigenvalue weighted by Crippen LogP contribution is -2.21. The van der Waals surface area contributed by atoms with Gasteiger partial charge >= 0.3 is 0 Å². The number of aromatic nitrogens is 1. The van der Waals surface area contributed by atoms with Gasteiger partial charge in [-0.05, 0) is 42.6 Å². The van der Waals surface area contributed by atoms with Crippen molar-refractivity contribution in [2.75, 3.05) is 18.0 Å². The summed E-state index contributed by atoms with van der Waals surface area (Å²) < 4.78 is 0. The summed E-state index contributed by atoms with van der Waals surface area (Å²) in [7, 11) is 0. The lowest BCUT2D eigenvalue weighted by molar-refractivity contribution is 0.548. The second-order valence-corrected chi connectivity index (χ2v) is 6.04. The van der Waals surface area contributed by atoms with Crippen molar-refractivity contribution in [3.05, 3.63) is 53.7 Å². The fourth-order valence-electron chi connectivity index (χ4n) is 2.78. The van der Waals surface area contributed by atoms with E-state index in [4.69, 9.17) is 4.98 Å². The molecule has 0 atom stereocenters. The minimum atomic E-state index is 0.665. The lowest BCUT2D eigenvalue weighted by atomic mass is 10.2. The maximum absolute atomic E-state index is 4.81. The third-order valence-electron chi connectivity index (χ3n) is 3.81. The molecule has 2 aromatic rings. The van der Waals surface area contributed by atoms with Crippen molar-refractivity contribution in [3.63, 3.8) is 0 Å². The number of benzene rings is 1. The predicted molar refractivity (Wildman–Crippen MR) is 87.9 cm³/mol. The van der Waals surface area contributed by atoms with Gasteiger partial charge < -0.3 is 10.2 Å². The summed E-state index contributed by atoms with van der Waals surface area (Å²) in [6.07, 6.45) is 1.10. The van der Waals surface area contributed by atoms with Gasteiger partial charge in [0.1, 0.15) is 5.82 Å². The van der Waals surface area contributed by atoms with E-state index in [1.807, 2.05) is 0 Å². The van der Waals surface area contributed by atoms with E-state index in [2.05, 4.69) is 66.5 Å². The molecule has 0 fully saturated rings. The highest BCUT2D eigenvalue weighted by atomic mass is 15.2. The molecule has 21 heavy (non-hydrogen) atoms. The van der Waals surface area contributed by atoms with Crippen molar-refractivity contribution < 1.29 is 0 Å². The first-order chi connectivity index (χ1) is 10.2. The largest absolute Gasteiger partial charge is 0.326 e. The zero-order valence-corrected chi connectivity index (χ0v) is 12.8. The van der Waals surface area contributed by atoms with Gasteiger partial charge in [-0.1, -0.05) is 38.1 Å². The molecule has 0 bridgehead atoms. The molecule has 3 nitrogen and oxygen atoms in total. The quantitative estimate of drug-likeness (QED) is 0.909. The van der Waals surface area contributed by atoms with Crippen molar-refractivity contribution in [3.8, 4) is 0 Å². The highest BCUT2D eigenvalue weighted by Gasteiger charge is 2.20. The molecule has 1 N–H and O–H groups in total. The molecule has 0 radical (unpaired) electrons. The molecule has 0 saturated carbocycles. The molecule has 3 heteroatoms. The van der Waals surface area contributed by atoms with Crippen LogP contribution in [0, 0.1) is 5.92 Å².